The first-order valence-electron chi connectivity index (χ1n) is 7.19. The average molecular weight is 280 g/mol. The molecule has 0 radical (unpaired) electrons. The molecule has 0 aliphatic heterocycles. The standard InChI is InChI=1S/C15H24N2O3/c1-12-13(11-16-14-4-5-14)3-6-15(17-12)20-10-9-19-8-7-18-2/h3,6,14,16H,4-5,7-11H2,1-2H3. The summed E-state index contributed by atoms with van der Waals surface area (Å²) >= 11 is 0. The van der Waals surface area contributed by atoms with Crippen molar-refractivity contribution in [1.29, 1.82) is 0 Å². The highest BCUT2D eigenvalue weighted by Crippen LogP contribution is 2.20. The Morgan fingerprint density at radius 1 is 1.20 bits per heavy atom. The van der Waals surface area contributed by atoms with Crippen LogP contribution in [0.15, 0.2) is 12.1 Å². The van der Waals surface area contributed by atoms with Crippen LogP contribution in [-0.2, 0) is 16.0 Å². The highest BCUT2D eigenvalue weighted by molar-refractivity contribution is 5.25. The number of aromatic nitrogens is 1. The van der Waals surface area contributed by atoms with E-state index < -0.39 is 0 Å². The molecule has 0 aromatic carbocycles. The highest BCUT2D eigenvalue weighted by Gasteiger charge is 2.20. The van der Waals surface area contributed by atoms with Crippen molar-refractivity contribution in [3.05, 3.63) is 23.4 Å². The molecule has 1 fully saturated rings. The van der Waals surface area contributed by atoms with E-state index >= 15 is 0 Å². The quantitative estimate of drug-likeness (QED) is 0.661. The number of rotatable bonds is 10. The first-order chi connectivity index (χ1) is 9.79. The van der Waals surface area contributed by atoms with Crippen LogP contribution < -0.4 is 10.1 Å². The molecule has 0 amide bonds. The zero-order valence-electron chi connectivity index (χ0n) is 12.4. The van der Waals surface area contributed by atoms with E-state index in [4.69, 9.17) is 14.2 Å². The fourth-order valence-corrected chi connectivity index (χ4v) is 1.83. The molecular formula is C15H24N2O3. The minimum absolute atomic E-state index is 0.510. The molecule has 1 aliphatic carbocycles. The number of nitrogens with zero attached hydrogens (tertiary/aromatic N) is 1. The zero-order valence-corrected chi connectivity index (χ0v) is 12.4. The number of nitrogens with one attached hydrogen (secondary N) is 1. The number of ether oxygens (including phenoxy) is 3. The monoisotopic (exact) mass is 280 g/mol. The Bertz CT molecular complexity index is 408. The van der Waals surface area contributed by atoms with E-state index in [1.807, 2.05) is 13.0 Å². The third kappa shape index (κ3) is 5.45. The minimum Gasteiger partial charge on any atom is -0.475 e. The van der Waals surface area contributed by atoms with Gasteiger partial charge in [0.15, 0.2) is 0 Å². The predicted molar refractivity (Wildman–Crippen MR) is 77.0 cm³/mol. The third-order valence-corrected chi connectivity index (χ3v) is 3.24. The largest absolute Gasteiger partial charge is 0.475 e. The molecule has 5 heteroatoms. The number of aryl methyl sites for hydroxylation is 1. The topological polar surface area (TPSA) is 52.6 Å². The summed E-state index contributed by atoms with van der Waals surface area (Å²) < 4.78 is 15.8. The second kappa shape index (κ2) is 8.19. The van der Waals surface area contributed by atoms with Crippen molar-refractivity contribution in [2.75, 3.05) is 33.5 Å². The Balaban J connectivity index is 1.67. The van der Waals surface area contributed by atoms with E-state index in [0.717, 1.165) is 18.3 Å². The molecule has 2 rings (SSSR count). The third-order valence-electron chi connectivity index (χ3n) is 3.24. The van der Waals surface area contributed by atoms with Gasteiger partial charge in [0.25, 0.3) is 0 Å². The van der Waals surface area contributed by atoms with E-state index in [2.05, 4.69) is 16.4 Å². The lowest BCUT2D eigenvalue weighted by Crippen LogP contribution is -2.16. The molecule has 1 N–H and O–H groups in total. The molecule has 0 saturated heterocycles. The summed E-state index contributed by atoms with van der Waals surface area (Å²) in [6.07, 6.45) is 2.60. The van der Waals surface area contributed by atoms with Crippen LogP contribution in [0.4, 0.5) is 0 Å². The van der Waals surface area contributed by atoms with E-state index in [0.29, 0.717) is 32.3 Å². The fraction of sp³-hybridized carbons (Fsp3) is 0.667. The van der Waals surface area contributed by atoms with Crippen molar-refractivity contribution < 1.29 is 14.2 Å². The van der Waals surface area contributed by atoms with Gasteiger partial charge in [0.2, 0.25) is 5.88 Å². The molecule has 112 valence electrons. The lowest BCUT2D eigenvalue weighted by Gasteiger charge is -2.10. The van der Waals surface area contributed by atoms with Crippen LogP contribution in [0.5, 0.6) is 5.88 Å². The average Bonchev–Trinajstić information content (AvgIpc) is 3.26. The number of hydrogen-bond donors (Lipinski definition) is 1. The van der Waals surface area contributed by atoms with E-state index in [1.54, 1.807) is 7.11 Å². The molecule has 0 spiro atoms. The van der Waals surface area contributed by atoms with Crippen LogP contribution >= 0.6 is 0 Å². The summed E-state index contributed by atoms with van der Waals surface area (Å²) in [7, 11) is 1.66. The Morgan fingerprint density at radius 3 is 2.70 bits per heavy atom. The zero-order chi connectivity index (χ0) is 14.2. The van der Waals surface area contributed by atoms with Gasteiger partial charge < -0.3 is 19.5 Å². The number of hydrogen-bond acceptors (Lipinski definition) is 5. The van der Waals surface area contributed by atoms with Crippen LogP contribution in [0.3, 0.4) is 0 Å². The maximum Gasteiger partial charge on any atom is 0.213 e. The van der Waals surface area contributed by atoms with Crippen LogP contribution in [0.25, 0.3) is 0 Å². The van der Waals surface area contributed by atoms with Gasteiger partial charge in [-0.25, -0.2) is 4.98 Å². The van der Waals surface area contributed by atoms with Crippen LogP contribution in [0, 0.1) is 6.92 Å². The summed E-state index contributed by atoms with van der Waals surface area (Å²) in [6, 6.07) is 4.72. The Morgan fingerprint density at radius 2 is 2.00 bits per heavy atom. The molecule has 20 heavy (non-hydrogen) atoms. The first-order valence-corrected chi connectivity index (χ1v) is 7.19. The maximum atomic E-state index is 5.56. The van der Waals surface area contributed by atoms with E-state index in [9.17, 15) is 0 Å². The van der Waals surface area contributed by atoms with E-state index in [1.165, 1.54) is 18.4 Å². The van der Waals surface area contributed by atoms with Gasteiger partial charge in [-0.15, -0.1) is 0 Å². The van der Waals surface area contributed by atoms with Gasteiger partial charge in [0.05, 0.1) is 19.8 Å². The molecule has 1 saturated carbocycles. The van der Waals surface area contributed by atoms with Gasteiger partial charge in [-0.05, 0) is 25.3 Å². The minimum atomic E-state index is 0.510. The van der Waals surface area contributed by atoms with Crippen molar-refractivity contribution in [3.8, 4) is 5.88 Å². The number of methoxy groups -OCH3 is 1. The Labute approximate surface area is 120 Å². The lowest BCUT2D eigenvalue weighted by atomic mass is 10.2. The summed E-state index contributed by atoms with van der Waals surface area (Å²) in [5, 5.41) is 3.49. The van der Waals surface area contributed by atoms with Gasteiger partial charge in [-0.3, -0.25) is 0 Å². The molecule has 1 heterocycles. The van der Waals surface area contributed by atoms with Crippen LogP contribution in [-0.4, -0.2) is 44.6 Å². The molecule has 1 aromatic heterocycles. The summed E-state index contributed by atoms with van der Waals surface area (Å²) in [5.74, 6) is 0.660. The maximum absolute atomic E-state index is 5.56. The molecule has 0 atom stereocenters. The normalized spacial score (nSPS) is 14.5. The van der Waals surface area contributed by atoms with Crippen LogP contribution in [0.1, 0.15) is 24.1 Å². The number of pyridine rings is 1. The summed E-state index contributed by atoms with van der Waals surface area (Å²) in [4.78, 5) is 4.46. The summed E-state index contributed by atoms with van der Waals surface area (Å²) in [6.45, 7) is 5.18. The predicted octanol–water partition coefficient (Wildman–Crippen LogP) is 1.68. The second-order valence-corrected chi connectivity index (χ2v) is 5.00. The summed E-state index contributed by atoms with van der Waals surface area (Å²) in [5.41, 5.74) is 2.26. The van der Waals surface area contributed by atoms with Crippen molar-refractivity contribution >= 4 is 0 Å². The lowest BCUT2D eigenvalue weighted by molar-refractivity contribution is 0.0536. The van der Waals surface area contributed by atoms with Gasteiger partial charge >= 0.3 is 0 Å². The molecule has 1 aliphatic rings. The van der Waals surface area contributed by atoms with Crippen molar-refractivity contribution in [2.24, 2.45) is 0 Å². The van der Waals surface area contributed by atoms with Crippen LogP contribution in [0.2, 0.25) is 0 Å². The molecule has 5 nitrogen and oxygen atoms in total. The van der Waals surface area contributed by atoms with Gasteiger partial charge in [0, 0.05) is 31.5 Å². The fourth-order valence-electron chi connectivity index (χ4n) is 1.83. The van der Waals surface area contributed by atoms with Crippen molar-refractivity contribution in [2.45, 2.75) is 32.4 Å². The van der Waals surface area contributed by atoms with Crippen molar-refractivity contribution in [1.82, 2.24) is 10.3 Å². The second-order valence-electron chi connectivity index (χ2n) is 5.00. The smallest absolute Gasteiger partial charge is 0.213 e. The molecular weight excluding hydrogens is 256 g/mol. The highest BCUT2D eigenvalue weighted by atomic mass is 16.5. The first kappa shape index (κ1) is 15.2. The van der Waals surface area contributed by atoms with Gasteiger partial charge in [0.1, 0.15) is 6.61 Å². The Kier molecular flexibility index (Phi) is 6.24. The van der Waals surface area contributed by atoms with Gasteiger partial charge in [-0.2, -0.15) is 0 Å². The molecule has 1 aromatic rings. The molecule has 0 bridgehead atoms. The molecule has 0 unspecified atom stereocenters. The van der Waals surface area contributed by atoms with E-state index in [-0.39, 0.29) is 0 Å². The Hall–Kier alpha value is -1.17. The van der Waals surface area contributed by atoms with Crippen molar-refractivity contribution in [3.63, 3.8) is 0 Å². The van der Waals surface area contributed by atoms with Gasteiger partial charge in [-0.1, -0.05) is 6.07 Å². The SMILES string of the molecule is COCCOCCOc1ccc(CNC2CC2)c(C)n1.